The highest BCUT2D eigenvalue weighted by atomic mass is 32.1. The monoisotopic (exact) mass is 247 g/mol. The number of hydrogen-bond donors (Lipinski definition) is 1. The van der Waals surface area contributed by atoms with Crippen LogP contribution in [0.2, 0.25) is 0 Å². The first kappa shape index (κ1) is 12.2. The number of aromatic nitrogens is 2. The molecule has 2 aromatic rings. The van der Waals surface area contributed by atoms with Crippen molar-refractivity contribution in [2.24, 2.45) is 5.73 Å². The van der Waals surface area contributed by atoms with Gasteiger partial charge in [0.25, 0.3) is 0 Å². The molecule has 0 spiro atoms. The zero-order valence-electron chi connectivity index (χ0n) is 10.2. The Kier molecular flexibility index (Phi) is 3.86. The largest absolute Gasteiger partial charge is 0.330 e. The van der Waals surface area contributed by atoms with Crippen LogP contribution in [0.3, 0.4) is 0 Å². The summed E-state index contributed by atoms with van der Waals surface area (Å²) >= 11 is 1.77. The quantitative estimate of drug-likeness (QED) is 0.904. The molecule has 2 rings (SSSR count). The van der Waals surface area contributed by atoms with Crippen molar-refractivity contribution in [3.05, 3.63) is 34.4 Å². The van der Waals surface area contributed by atoms with E-state index in [9.17, 15) is 0 Å². The van der Waals surface area contributed by atoms with E-state index in [0.717, 1.165) is 17.7 Å². The number of rotatable bonds is 4. The van der Waals surface area contributed by atoms with Crippen molar-refractivity contribution >= 4 is 11.3 Å². The molecule has 90 valence electrons. The molecule has 0 aromatic carbocycles. The van der Waals surface area contributed by atoms with E-state index in [1.807, 2.05) is 18.3 Å². The normalized spacial score (nSPS) is 11.1. The van der Waals surface area contributed by atoms with Crippen molar-refractivity contribution < 1.29 is 0 Å². The van der Waals surface area contributed by atoms with Crippen molar-refractivity contribution in [3.63, 3.8) is 0 Å². The lowest BCUT2D eigenvalue weighted by Crippen LogP contribution is -2.02. The van der Waals surface area contributed by atoms with Crippen molar-refractivity contribution in [2.45, 2.75) is 26.2 Å². The topological polar surface area (TPSA) is 51.8 Å². The molecule has 2 heterocycles. The average Bonchev–Trinajstić information content (AvgIpc) is 2.75. The van der Waals surface area contributed by atoms with Crippen LogP contribution in [-0.4, -0.2) is 16.5 Å². The zero-order chi connectivity index (χ0) is 12.3. The standard InChI is InChI=1S/C13H17N3S/c1-9(2)13-16-12(11(17-13)5-6-14)10-4-3-7-15-8-10/h3-4,7-9H,5-6,14H2,1-2H3. The highest BCUT2D eigenvalue weighted by Crippen LogP contribution is 2.31. The predicted octanol–water partition coefficient (Wildman–Crippen LogP) is 2.83. The molecule has 4 heteroatoms. The van der Waals surface area contributed by atoms with Gasteiger partial charge in [-0.05, 0) is 25.1 Å². The molecule has 0 atom stereocenters. The molecule has 0 radical (unpaired) electrons. The molecule has 2 aromatic heterocycles. The second-order valence-electron chi connectivity index (χ2n) is 4.26. The SMILES string of the molecule is CC(C)c1nc(-c2cccnc2)c(CCN)s1. The summed E-state index contributed by atoms with van der Waals surface area (Å²) in [6, 6.07) is 3.99. The maximum absolute atomic E-state index is 5.66. The Hall–Kier alpha value is -1.26. The Morgan fingerprint density at radius 1 is 1.41 bits per heavy atom. The second-order valence-corrected chi connectivity index (χ2v) is 5.37. The van der Waals surface area contributed by atoms with Crippen molar-refractivity contribution in [3.8, 4) is 11.3 Å². The fraction of sp³-hybridized carbons (Fsp3) is 0.385. The number of hydrogen-bond acceptors (Lipinski definition) is 4. The van der Waals surface area contributed by atoms with Crippen molar-refractivity contribution in [2.75, 3.05) is 6.54 Å². The van der Waals surface area contributed by atoms with Gasteiger partial charge < -0.3 is 5.73 Å². The summed E-state index contributed by atoms with van der Waals surface area (Å²) < 4.78 is 0. The van der Waals surface area contributed by atoms with Crippen LogP contribution in [0.4, 0.5) is 0 Å². The molecule has 0 aliphatic carbocycles. The minimum atomic E-state index is 0.460. The zero-order valence-corrected chi connectivity index (χ0v) is 11.0. The van der Waals surface area contributed by atoms with Gasteiger partial charge in [0, 0.05) is 28.8 Å². The Balaban J connectivity index is 2.44. The number of nitrogens with two attached hydrogens (primary N) is 1. The van der Waals surface area contributed by atoms with Gasteiger partial charge >= 0.3 is 0 Å². The Morgan fingerprint density at radius 3 is 2.82 bits per heavy atom. The first-order valence-electron chi connectivity index (χ1n) is 5.82. The summed E-state index contributed by atoms with van der Waals surface area (Å²) in [5, 5.41) is 1.17. The minimum Gasteiger partial charge on any atom is -0.330 e. The Morgan fingerprint density at radius 2 is 2.24 bits per heavy atom. The molecule has 3 nitrogen and oxygen atoms in total. The van der Waals surface area contributed by atoms with E-state index in [-0.39, 0.29) is 0 Å². The lowest BCUT2D eigenvalue weighted by atomic mass is 10.1. The Bertz CT molecular complexity index is 477. The van der Waals surface area contributed by atoms with Crippen molar-refractivity contribution in [1.82, 2.24) is 9.97 Å². The molecular weight excluding hydrogens is 230 g/mol. The van der Waals surface area contributed by atoms with Gasteiger partial charge in [-0.25, -0.2) is 4.98 Å². The molecule has 0 aliphatic heterocycles. The molecule has 0 unspecified atom stereocenters. The maximum Gasteiger partial charge on any atom is 0.0960 e. The van der Waals surface area contributed by atoms with E-state index in [0.29, 0.717) is 12.5 Å². The molecule has 0 saturated carbocycles. The summed E-state index contributed by atoms with van der Waals surface area (Å²) in [5.41, 5.74) is 7.79. The Labute approximate surface area is 106 Å². The van der Waals surface area contributed by atoms with Gasteiger partial charge in [-0.2, -0.15) is 0 Å². The summed E-state index contributed by atoms with van der Waals surface area (Å²) in [5.74, 6) is 0.460. The predicted molar refractivity (Wildman–Crippen MR) is 72.2 cm³/mol. The van der Waals surface area contributed by atoms with Crippen LogP contribution in [0, 0.1) is 0 Å². The van der Waals surface area contributed by atoms with Crippen LogP contribution in [0.5, 0.6) is 0 Å². The van der Waals surface area contributed by atoms with Crippen LogP contribution >= 0.6 is 11.3 Å². The van der Waals surface area contributed by atoms with Gasteiger partial charge in [-0.3, -0.25) is 4.98 Å². The number of nitrogens with zero attached hydrogens (tertiary/aromatic N) is 2. The third-order valence-electron chi connectivity index (χ3n) is 2.51. The first-order valence-corrected chi connectivity index (χ1v) is 6.64. The lowest BCUT2D eigenvalue weighted by molar-refractivity contribution is 0.853. The molecule has 0 bridgehead atoms. The fourth-order valence-corrected chi connectivity index (χ4v) is 2.75. The number of thiazole rings is 1. The lowest BCUT2D eigenvalue weighted by Gasteiger charge is -1.99. The van der Waals surface area contributed by atoms with Crippen LogP contribution in [-0.2, 0) is 6.42 Å². The van der Waals surface area contributed by atoms with E-state index < -0.39 is 0 Å². The molecule has 0 aliphatic rings. The minimum absolute atomic E-state index is 0.460. The molecule has 0 amide bonds. The van der Waals surface area contributed by atoms with E-state index in [2.05, 4.69) is 18.8 Å². The van der Waals surface area contributed by atoms with Crippen LogP contribution in [0.15, 0.2) is 24.5 Å². The van der Waals surface area contributed by atoms with E-state index in [1.54, 1.807) is 17.5 Å². The smallest absolute Gasteiger partial charge is 0.0960 e. The van der Waals surface area contributed by atoms with E-state index in [1.165, 1.54) is 9.88 Å². The maximum atomic E-state index is 5.66. The molecule has 17 heavy (non-hydrogen) atoms. The second kappa shape index (κ2) is 5.38. The average molecular weight is 247 g/mol. The molecule has 0 saturated heterocycles. The molecule has 2 N–H and O–H groups in total. The van der Waals surface area contributed by atoms with Gasteiger partial charge in [-0.15, -0.1) is 11.3 Å². The van der Waals surface area contributed by atoms with E-state index in [4.69, 9.17) is 10.7 Å². The highest BCUT2D eigenvalue weighted by Gasteiger charge is 2.14. The summed E-state index contributed by atoms with van der Waals surface area (Å²) in [4.78, 5) is 10.1. The van der Waals surface area contributed by atoms with Crippen LogP contribution < -0.4 is 5.73 Å². The third-order valence-corrected chi connectivity index (χ3v) is 3.93. The molecular formula is C13H17N3S. The molecule has 0 fully saturated rings. The van der Waals surface area contributed by atoms with Gasteiger partial charge in [0.05, 0.1) is 10.7 Å². The number of pyridine rings is 1. The van der Waals surface area contributed by atoms with Gasteiger partial charge in [0.15, 0.2) is 0 Å². The third kappa shape index (κ3) is 2.70. The van der Waals surface area contributed by atoms with Crippen molar-refractivity contribution in [1.29, 1.82) is 0 Å². The summed E-state index contributed by atoms with van der Waals surface area (Å²) in [6.45, 7) is 4.99. The van der Waals surface area contributed by atoms with E-state index >= 15 is 0 Å². The summed E-state index contributed by atoms with van der Waals surface area (Å²) in [6.07, 6.45) is 4.52. The fourth-order valence-electron chi connectivity index (χ4n) is 1.65. The van der Waals surface area contributed by atoms with Gasteiger partial charge in [0.1, 0.15) is 0 Å². The summed E-state index contributed by atoms with van der Waals surface area (Å²) in [7, 11) is 0. The highest BCUT2D eigenvalue weighted by molar-refractivity contribution is 7.12. The van der Waals surface area contributed by atoms with Gasteiger partial charge in [0.2, 0.25) is 0 Å². The van der Waals surface area contributed by atoms with Crippen LogP contribution in [0.25, 0.3) is 11.3 Å². The van der Waals surface area contributed by atoms with Gasteiger partial charge in [-0.1, -0.05) is 13.8 Å². The van der Waals surface area contributed by atoms with Crippen LogP contribution in [0.1, 0.15) is 29.7 Å². The first-order chi connectivity index (χ1) is 8.22.